The van der Waals surface area contributed by atoms with Gasteiger partial charge in [0.1, 0.15) is 18.2 Å². The number of hydrogen-bond acceptors (Lipinski definition) is 5. The number of carbonyl (C=O) groups excluding carboxylic acids is 1. The van der Waals surface area contributed by atoms with Crippen molar-refractivity contribution in [2.24, 2.45) is 0 Å². The van der Waals surface area contributed by atoms with Crippen LogP contribution >= 0.6 is 0 Å². The smallest absolute Gasteiger partial charge is 0.260 e. The van der Waals surface area contributed by atoms with Crippen LogP contribution in [0.15, 0.2) is 30.3 Å². The first-order valence-corrected chi connectivity index (χ1v) is 11.4. The maximum absolute atomic E-state index is 13.8. The lowest BCUT2D eigenvalue weighted by Gasteiger charge is -2.22. The van der Waals surface area contributed by atoms with E-state index in [4.69, 9.17) is 9.72 Å². The molecule has 0 spiro atoms. The van der Waals surface area contributed by atoms with Crippen LogP contribution in [0.5, 0.6) is 0 Å². The third-order valence-electron chi connectivity index (χ3n) is 6.25. The maximum Gasteiger partial charge on any atom is 0.260 e. The largest absolute Gasteiger partial charge is 0.486 e. The van der Waals surface area contributed by atoms with Gasteiger partial charge in [0.2, 0.25) is 0 Å². The van der Waals surface area contributed by atoms with Crippen molar-refractivity contribution in [2.45, 2.75) is 33.3 Å². The number of amides is 1. The van der Waals surface area contributed by atoms with Gasteiger partial charge in [-0.25, -0.2) is 4.39 Å². The summed E-state index contributed by atoms with van der Waals surface area (Å²) in [5.74, 6) is -0.172. The Morgan fingerprint density at radius 3 is 2.69 bits per heavy atom. The number of hydrogen-bond donors (Lipinski definition) is 1. The molecule has 2 aliphatic heterocycles. The van der Waals surface area contributed by atoms with Gasteiger partial charge in [-0.3, -0.25) is 9.78 Å². The summed E-state index contributed by atoms with van der Waals surface area (Å²) in [4.78, 5) is 22.1. The van der Waals surface area contributed by atoms with Crippen molar-refractivity contribution >= 4 is 22.9 Å². The van der Waals surface area contributed by atoms with Crippen LogP contribution in [0.2, 0.25) is 0 Å². The van der Waals surface area contributed by atoms with E-state index in [0.717, 1.165) is 62.5 Å². The lowest BCUT2D eigenvalue weighted by atomic mass is 10.0. The molecule has 1 amide bonds. The number of carbonyl (C=O) groups is 1. The molecule has 2 aliphatic rings. The lowest BCUT2D eigenvalue weighted by molar-refractivity contribution is -0.110. The number of fused-ring (bicyclic) bond motifs is 2. The standard InChI is InChI=1S/C25H31FN4O2/c1-4-30(5-2)14-13-29(3)12-6-7-18-9-10-19-22(27-18)16-32-24(19)23-20-15-17(26)8-11-21(20)28-25(23)31/h8-11,15H,4-7,12-14,16H2,1-3H3,(H,28,31). The Kier molecular flexibility index (Phi) is 6.86. The van der Waals surface area contributed by atoms with Crippen LogP contribution < -0.4 is 5.32 Å². The highest BCUT2D eigenvalue weighted by atomic mass is 19.1. The Bertz CT molecular complexity index is 1030. The summed E-state index contributed by atoms with van der Waals surface area (Å²) in [5.41, 5.74) is 4.19. The average Bonchev–Trinajstić information content (AvgIpc) is 3.33. The zero-order chi connectivity index (χ0) is 22.7. The van der Waals surface area contributed by atoms with Crippen LogP contribution in [0.3, 0.4) is 0 Å². The lowest BCUT2D eigenvalue weighted by Crippen LogP contribution is -2.33. The summed E-state index contributed by atoms with van der Waals surface area (Å²) in [6, 6.07) is 8.26. The summed E-state index contributed by atoms with van der Waals surface area (Å²) >= 11 is 0. The zero-order valence-electron chi connectivity index (χ0n) is 19.1. The second-order valence-corrected chi connectivity index (χ2v) is 8.37. The highest BCUT2D eigenvalue weighted by molar-refractivity contribution is 6.36. The van der Waals surface area contributed by atoms with Crippen LogP contribution in [-0.4, -0.2) is 60.5 Å². The molecule has 1 N–H and O–H groups in total. The molecule has 0 saturated carbocycles. The minimum Gasteiger partial charge on any atom is -0.486 e. The van der Waals surface area contributed by atoms with Crippen molar-refractivity contribution in [1.29, 1.82) is 0 Å². The summed E-state index contributed by atoms with van der Waals surface area (Å²) in [5, 5.41) is 2.79. The molecule has 1 aromatic carbocycles. The van der Waals surface area contributed by atoms with E-state index >= 15 is 0 Å². The summed E-state index contributed by atoms with van der Waals surface area (Å²) in [6.07, 6.45) is 1.92. The number of likely N-dealkylation sites (N-methyl/N-ethyl adjacent to an activating group) is 2. The fourth-order valence-corrected chi connectivity index (χ4v) is 4.29. The van der Waals surface area contributed by atoms with E-state index in [1.165, 1.54) is 12.1 Å². The Labute approximate surface area is 189 Å². The van der Waals surface area contributed by atoms with E-state index < -0.39 is 0 Å². The van der Waals surface area contributed by atoms with Gasteiger partial charge in [0.15, 0.2) is 0 Å². The van der Waals surface area contributed by atoms with Gasteiger partial charge in [-0.2, -0.15) is 0 Å². The highest BCUT2D eigenvalue weighted by Crippen LogP contribution is 2.41. The van der Waals surface area contributed by atoms with Gasteiger partial charge in [0.25, 0.3) is 5.91 Å². The third-order valence-corrected chi connectivity index (χ3v) is 6.25. The molecule has 0 radical (unpaired) electrons. The summed E-state index contributed by atoms with van der Waals surface area (Å²) in [7, 11) is 2.17. The van der Waals surface area contributed by atoms with E-state index in [9.17, 15) is 9.18 Å². The number of benzene rings is 1. The zero-order valence-corrected chi connectivity index (χ0v) is 19.1. The van der Waals surface area contributed by atoms with Crippen molar-refractivity contribution in [3.63, 3.8) is 0 Å². The number of pyridine rings is 1. The van der Waals surface area contributed by atoms with Crippen molar-refractivity contribution in [1.82, 2.24) is 14.8 Å². The van der Waals surface area contributed by atoms with Crippen molar-refractivity contribution in [3.05, 3.63) is 58.7 Å². The van der Waals surface area contributed by atoms with Gasteiger partial charge in [0.05, 0.1) is 11.3 Å². The molecule has 3 heterocycles. The number of aromatic nitrogens is 1. The second kappa shape index (κ2) is 9.79. The first-order chi connectivity index (χ1) is 15.5. The minimum atomic E-state index is -0.382. The van der Waals surface area contributed by atoms with E-state index in [1.54, 1.807) is 6.07 Å². The first kappa shape index (κ1) is 22.4. The van der Waals surface area contributed by atoms with Crippen molar-refractivity contribution in [3.8, 4) is 0 Å². The monoisotopic (exact) mass is 438 g/mol. The van der Waals surface area contributed by atoms with Crippen molar-refractivity contribution < 1.29 is 13.9 Å². The Hall–Kier alpha value is -2.77. The second-order valence-electron chi connectivity index (χ2n) is 8.37. The molecule has 2 aromatic rings. The Balaban J connectivity index is 1.41. The predicted molar refractivity (Wildman–Crippen MR) is 124 cm³/mol. The third kappa shape index (κ3) is 4.69. The Morgan fingerprint density at radius 2 is 1.91 bits per heavy atom. The normalized spacial score (nSPS) is 17.0. The number of nitrogens with zero attached hydrogens (tertiary/aromatic N) is 3. The van der Waals surface area contributed by atoms with Gasteiger partial charge in [-0.05, 0) is 69.9 Å². The molecule has 0 aliphatic carbocycles. The van der Waals surface area contributed by atoms with Crippen LogP contribution in [0.1, 0.15) is 42.8 Å². The van der Waals surface area contributed by atoms with Gasteiger partial charge >= 0.3 is 0 Å². The number of nitrogens with one attached hydrogen (secondary N) is 1. The van der Waals surface area contributed by atoms with E-state index in [2.05, 4.69) is 36.0 Å². The maximum atomic E-state index is 13.8. The SMILES string of the molecule is CCN(CC)CCN(C)CCCc1ccc2c(n1)COC2=C1C(=O)Nc2ccc(F)cc21. The molecule has 0 unspecified atom stereocenters. The summed E-state index contributed by atoms with van der Waals surface area (Å²) in [6.45, 7) is 10.1. The number of rotatable bonds is 9. The number of aryl methyl sites for hydroxylation is 1. The molecule has 0 saturated heterocycles. The Morgan fingerprint density at radius 1 is 1.09 bits per heavy atom. The first-order valence-electron chi connectivity index (χ1n) is 11.4. The van der Waals surface area contributed by atoms with Crippen LogP contribution in [0, 0.1) is 5.82 Å². The number of anilines is 1. The van der Waals surface area contributed by atoms with Crippen molar-refractivity contribution in [2.75, 3.05) is 45.1 Å². The number of halogens is 1. The van der Waals surface area contributed by atoms with E-state index in [1.807, 2.05) is 12.1 Å². The highest BCUT2D eigenvalue weighted by Gasteiger charge is 2.33. The molecule has 0 fully saturated rings. The van der Waals surface area contributed by atoms with Gasteiger partial charge in [-0.1, -0.05) is 13.8 Å². The molecule has 32 heavy (non-hydrogen) atoms. The van der Waals surface area contributed by atoms with Crippen LogP contribution in [0.25, 0.3) is 11.3 Å². The average molecular weight is 439 g/mol. The molecule has 7 heteroatoms. The molecule has 1 aromatic heterocycles. The van der Waals surface area contributed by atoms with Crippen LogP contribution in [0.4, 0.5) is 10.1 Å². The quantitative estimate of drug-likeness (QED) is 0.604. The topological polar surface area (TPSA) is 57.7 Å². The fourth-order valence-electron chi connectivity index (χ4n) is 4.29. The predicted octanol–water partition coefficient (Wildman–Crippen LogP) is 3.78. The van der Waals surface area contributed by atoms with E-state index in [0.29, 0.717) is 29.2 Å². The molecule has 6 nitrogen and oxygen atoms in total. The fraction of sp³-hybridized carbons (Fsp3) is 0.440. The molecule has 0 bridgehead atoms. The summed E-state index contributed by atoms with van der Waals surface area (Å²) < 4.78 is 19.6. The van der Waals surface area contributed by atoms with Gasteiger partial charge in [0, 0.05) is 35.6 Å². The molecule has 4 rings (SSSR count). The molecule has 170 valence electrons. The van der Waals surface area contributed by atoms with Crippen LogP contribution in [-0.2, 0) is 22.6 Å². The minimum absolute atomic E-state index is 0.273. The number of ether oxygens (including phenoxy) is 1. The van der Waals surface area contributed by atoms with Gasteiger partial charge < -0.3 is 19.9 Å². The molecule has 0 atom stereocenters. The van der Waals surface area contributed by atoms with Gasteiger partial charge in [-0.15, -0.1) is 0 Å². The molecular formula is C25H31FN4O2. The molecular weight excluding hydrogens is 407 g/mol. The van der Waals surface area contributed by atoms with E-state index in [-0.39, 0.29) is 11.7 Å².